The van der Waals surface area contributed by atoms with Gasteiger partial charge in [0.15, 0.2) is 0 Å². The number of hydrogen-bond donors (Lipinski definition) is 0. The molecule has 2 radical (unpaired) electrons. The Balaban J connectivity index is 0.000000209. The molecule has 0 fully saturated rings. The average molecular weight is 687 g/mol. The third kappa shape index (κ3) is 7.62. The zero-order chi connectivity index (χ0) is 30.7. The van der Waals surface area contributed by atoms with Crippen molar-refractivity contribution in [3.8, 4) is 22.3 Å². The number of hydrogen-bond acceptors (Lipinski definition) is 0. The normalized spacial score (nSPS) is 12.0. The van der Waals surface area contributed by atoms with E-state index in [1.807, 2.05) is 6.07 Å². The van der Waals surface area contributed by atoms with Crippen molar-refractivity contribution in [3.63, 3.8) is 0 Å². The zero-order valence-electron chi connectivity index (χ0n) is 26.0. The van der Waals surface area contributed by atoms with Gasteiger partial charge in [0.1, 0.15) is 0 Å². The Morgan fingerprint density at radius 1 is 0.810 bits per heavy atom. The summed E-state index contributed by atoms with van der Waals surface area (Å²) in [5.74, 6) is 0. The zero-order valence-corrected chi connectivity index (χ0v) is 31.0. The molecule has 0 aromatic heterocycles. The van der Waals surface area contributed by atoms with E-state index in [0.717, 1.165) is 15.9 Å². The van der Waals surface area contributed by atoms with E-state index in [-0.39, 0.29) is 10.8 Å². The summed E-state index contributed by atoms with van der Waals surface area (Å²) < 4.78 is 0. The van der Waals surface area contributed by atoms with E-state index in [9.17, 15) is 0 Å². The number of rotatable bonds is 2. The van der Waals surface area contributed by atoms with Gasteiger partial charge in [-0.2, -0.15) is 35.5 Å². The van der Waals surface area contributed by atoms with Gasteiger partial charge in [0.25, 0.3) is 0 Å². The van der Waals surface area contributed by atoms with E-state index >= 15 is 0 Å². The predicted octanol–water partition coefficient (Wildman–Crippen LogP) is 10.2. The molecule has 0 unspecified atom stereocenters. The minimum atomic E-state index is -0.826. The van der Waals surface area contributed by atoms with Crippen LogP contribution in [0.5, 0.6) is 0 Å². The minimum Gasteiger partial charge on any atom is -0.184 e. The van der Waals surface area contributed by atoms with Crippen LogP contribution in [0.4, 0.5) is 0 Å². The number of aryl methyl sites for hydroxylation is 2. The van der Waals surface area contributed by atoms with Gasteiger partial charge in [0.05, 0.1) is 9.52 Å². The molecule has 0 saturated carbocycles. The first kappa shape index (κ1) is 33.1. The summed E-state index contributed by atoms with van der Waals surface area (Å²) in [4.78, 5) is 0. The molecule has 0 nitrogen and oxygen atoms in total. The molecule has 5 aromatic rings. The molecule has 0 bridgehead atoms. The molecule has 5 aromatic carbocycles. The summed E-state index contributed by atoms with van der Waals surface area (Å²) in [5.41, 5.74) is 11.4. The number of benzene rings is 4. The maximum Gasteiger partial charge on any atom is 0.0920 e. The molecule has 0 aliphatic carbocycles. The van der Waals surface area contributed by atoms with Gasteiger partial charge in [-0.05, 0) is 40.9 Å². The van der Waals surface area contributed by atoms with Crippen molar-refractivity contribution in [1.82, 2.24) is 0 Å². The van der Waals surface area contributed by atoms with Crippen LogP contribution in [-0.4, -0.2) is 9.52 Å². The van der Waals surface area contributed by atoms with E-state index in [2.05, 4.69) is 140 Å². The smallest absolute Gasteiger partial charge is 0.0920 e. The summed E-state index contributed by atoms with van der Waals surface area (Å²) in [6.45, 7) is 18.3. The topological polar surface area (TPSA) is 0 Å². The van der Waals surface area contributed by atoms with Crippen molar-refractivity contribution in [2.45, 2.75) is 72.6 Å². The van der Waals surface area contributed by atoms with Crippen LogP contribution < -0.4 is 10.4 Å². The first-order valence-corrected chi connectivity index (χ1v) is 21.9. The second kappa shape index (κ2) is 13.9. The van der Waals surface area contributed by atoms with E-state index < -0.39 is 20.8 Å². The summed E-state index contributed by atoms with van der Waals surface area (Å²) in [6, 6.07) is 34.7. The Bertz CT molecular complexity index is 1590. The third-order valence-corrected chi connectivity index (χ3v) is 9.22. The second-order valence-electron chi connectivity index (χ2n) is 13.0. The van der Waals surface area contributed by atoms with E-state index in [0.29, 0.717) is 0 Å². The van der Waals surface area contributed by atoms with Gasteiger partial charge in [-0.25, -0.2) is 0 Å². The molecule has 0 N–H and O–H groups in total. The average Bonchev–Trinajstić information content (AvgIpc) is 3.54. The van der Waals surface area contributed by atoms with E-state index in [1.165, 1.54) is 65.7 Å². The fraction of sp³-hybridized carbons (Fsp3) is 0.289. The van der Waals surface area contributed by atoms with Crippen LogP contribution in [0.15, 0.2) is 84.9 Å². The van der Waals surface area contributed by atoms with Crippen LogP contribution >= 0.6 is 17.0 Å². The molecular formula is C38H40Cl2SiZr. The maximum atomic E-state index is 4.93. The first-order chi connectivity index (χ1) is 19.9. The molecule has 0 amide bonds. The molecular weight excluding hydrogens is 647 g/mol. The monoisotopic (exact) mass is 684 g/mol. The van der Waals surface area contributed by atoms with Gasteiger partial charge in [-0.15, -0.1) is 40.1 Å². The maximum absolute atomic E-state index is 4.93. The molecule has 0 saturated heterocycles. The Morgan fingerprint density at radius 3 is 2.05 bits per heavy atom. The van der Waals surface area contributed by atoms with Crippen LogP contribution in [0, 0.1) is 13.0 Å². The van der Waals surface area contributed by atoms with Gasteiger partial charge in [0.2, 0.25) is 0 Å². The van der Waals surface area contributed by atoms with Crippen molar-refractivity contribution in [3.05, 3.63) is 113 Å². The van der Waals surface area contributed by atoms with Crippen molar-refractivity contribution in [1.29, 1.82) is 0 Å². The van der Waals surface area contributed by atoms with Gasteiger partial charge in [0, 0.05) is 0 Å². The first-order valence-electron chi connectivity index (χ1n) is 14.6. The van der Waals surface area contributed by atoms with Crippen LogP contribution in [-0.2, 0) is 38.1 Å². The Labute approximate surface area is 274 Å². The van der Waals surface area contributed by atoms with E-state index in [1.54, 1.807) is 0 Å². The van der Waals surface area contributed by atoms with Crippen molar-refractivity contribution in [2.75, 3.05) is 0 Å². The minimum absolute atomic E-state index is 0.137. The predicted molar refractivity (Wildman–Crippen MR) is 184 cm³/mol. The molecule has 1 aliphatic rings. The summed E-state index contributed by atoms with van der Waals surface area (Å²) in [7, 11) is 10.7. The van der Waals surface area contributed by atoms with E-state index in [4.69, 9.17) is 17.0 Å². The van der Waals surface area contributed by atoms with Gasteiger partial charge < -0.3 is 0 Å². The van der Waals surface area contributed by atoms with Crippen molar-refractivity contribution < 1.29 is 20.8 Å². The Hall–Kier alpha value is -1.83. The fourth-order valence-corrected chi connectivity index (χ4v) is 6.71. The summed E-state index contributed by atoms with van der Waals surface area (Å²) >= 11 is -0.826. The van der Waals surface area contributed by atoms with Gasteiger partial charge in [-0.1, -0.05) is 113 Å². The Kier molecular flexibility index (Phi) is 10.9. The number of fused-ring (bicyclic) bond motifs is 4. The molecule has 6 rings (SSSR count). The fourth-order valence-electron chi connectivity index (χ4n) is 5.40. The SMILES string of the molecule is CCc1cc2c(-c3cc(C(C)(C)C)cc(C(C)(C)C)c3)c(C)ccc2[cH-]1.[Cl][Zr+2][Cl].[c-]1cccc2c1[Si]c1ccccc1-2. The van der Waals surface area contributed by atoms with Gasteiger partial charge >= 0.3 is 37.9 Å². The molecule has 1 aliphatic heterocycles. The number of halogens is 2. The molecule has 0 spiro atoms. The van der Waals surface area contributed by atoms with Crippen LogP contribution in [0.1, 0.15) is 70.7 Å². The molecule has 4 heteroatoms. The molecule has 1 heterocycles. The van der Waals surface area contributed by atoms with Crippen LogP contribution in [0.2, 0.25) is 0 Å². The molecule has 42 heavy (non-hydrogen) atoms. The molecule has 214 valence electrons. The largest absolute Gasteiger partial charge is 0.184 e. The summed E-state index contributed by atoms with van der Waals surface area (Å²) in [5, 5.41) is 5.58. The van der Waals surface area contributed by atoms with Crippen molar-refractivity contribution in [2.24, 2.45) is 0 Å². The standard InChI is InChI=1S/C26H33.C12H7Si.2ClH.Zr/c1-9-18-12-19-11-10-17(2)24(23(19)13-18)20-14-21(25(3,4)5)16-22(15-20)26(6,7)8;1-3-7-11-9(5-1)10-6-2-4-8-12(10)13-11;;;/h10-16H,9H2,1-8H3;1-7H;2*1H;/q2*-1;;;+4/p-2. The van der Waals surface area contributed by atoms with Crippen LogP contribution in [0.25, 0.3) is 33.0 Å². The van der Waals surface area contributed by atoms with Crippen molar-refractivity contribution >= 4 is 47.7 Å². The second-order valence-corrected chi connectivity index (χ2v) is 18.0. The van der Waals surface area contributed by atoms with Gasteiger partial charge in [-0.3, -0.25) is 0 Å². The Morgan fingerprint density at radius 2 is 1.43 bits per heavy atom. The third-order valence-electron chi connectivity index (χ3n) is 7.85. The van der Waals surface area contributed by atoms with Crippen LogP contribution in [0.3, 0.4) is 0 Å². The molecule has 0 atom stereocenters. The quantitative estimate of drug-likeness (QED) is 0.126. The summed E-state index contributed by atoms with van der Waals surface area (Å²) in [6.07, 6.45) is 1.09.